The fourth-order valence-electron chi connectivity index (χ4n) is 2.03. The Morgan fingerprint density at radius 3 is 2.65 bits per heavy atom. The van der Waals surface area contributed by atoms with Gasteiger partial charge in [0.1, 0.15) is 0 Å². The lowest BCUT2D eigenvalue weighted by atomic mass is 10.2. The first-order valence-electron chi connectivity index (χ1n) is 6.77. The van der Waals surface area contributed by atoms with Crippen LogP contribution in [0.3, 0.4) is 0 Å². The topological polar surface area (TPSA) is 29.9 Å². The maximum absolute atomic E-state index is 5.90. The van der Waals surface area contributed by atoms with Crippen LogP contribution >= 0.6 is 23.4 Å². The zero-order valence-corrected chi connectivity index (χ0v) is 13.4. The first-order valence-corrected chi connectivity index (χ1v) is 8.14. The van der Waals surface area contributed by atoms with Crippen molar-refractivity contribution in [2.45, 2.75) is 24.3 Å². The third kappa shape index (κ3) is 4.85. The molecule has 1 atom stereocenters. The molecule has 0 saturated carbocycles. The van der Waals surface area contributed by atoms with Crippen LogP contribution < -0.4 is 5.32 Å². The molecule has 0 spiro atoms. The van der Waals surface area contributed by atoms with Crippen molar-refractivity contribution in [1.29, 1.82) is 0 Å². The minimum Gasteiger partial charge on any atom is -0.313 e. The number of hydrogen-bond acceptors (Lipinski definition) is 3. The van der Waals surface area contributed by atoms with E-state index in [4.69, 9.17) is 11.6 Å². The zero-order valence-electron chi connectivity index (χ0n) is 11.8. The van der Waals surface area contributed by atoms with Gasteiger partial charge in [0, 0.05) is 41.4 Å². The van der Waals surface area contributed by atoms with Gasteiger partial charge in [-0.1, -0.05) is 18.5 Å². The number of likely N-dealkylation sites (N-methyl/N-ethyl adjacent to an activating group) is 1. The van der Waals surface area contributed by atoms with Gasteiger partial charge in [0.25, 0.3) is 0 Å². The normalized spacial score (nSPS) is 12.6. The maximum Gasteiger partial charge on any atom is 0.0640 e. The second-order valence-corrected chi connectivity index (χ2v) is 6.23. The van der Waals surface area contributed by atoms with Gasteiger partial charge in [0.15, 0.2) is 0 Å². The molecule has 1 N–H and O–H groups in total. The summed E-state index contributed by atoms with van der Waals surface area (Å²) in [5.74, 6) is 1.02. The van der Waals surface area contributed by atoms with Crippen molar-refractivity contribution < 1.29 is 0 Å². The molecule has 2 aromatic rings. The van der Waals surface area contributed by atoms with Gasteiger partial charge in [-0.05, 0) is 36.9 Å². The lowest BCUT2D eigenvalue weighted by Gasteiger charge is -2.16. The fourth-order valence-corrected chi connectivity index (χ4v) is 3.11. The van der Waals surface area contributed by atoms with E-state index in [1.54, 1.807) is 0 Å². The summed E-state index contributed by atoms with van der Waals surface area (Å²) in [5.41, 5.74) is 1.13. The number of nitrogens with one attached hydrogen (secondary N) is 1. The van der Waals surface area contributed by atoms with Crippen LogP contribution in [0.4, 0.5) is 0 Å². The van der Waals surface area contributed by atoms with Gasteiger partial charge in [0.05, 0.1) is 5.69 Å². The number of thioether (sulfide) groups is 1. The van der Waals surface area contributed by atoms with E-state index < -0.39 is 0 Å². The SMILES string of the molecule is CCNC(CSc1ccc(Cl)cc1)Cc1ccn(C)n1. The molecular weight excluding hydrogens is 290 g/mol. The van der Waals surface area contributed by atoms with Crippen LogP contribution in [0.15, 0.2) is 41.4 Å². The molecule has 0 fully saturated rings. The summed E-state index contributed by atoms with van der Waals surface area (Å²) in [5, 5.41) is 8.76. The average Bonchev–Trinajstić information content (AvgIpc) is 2.83. The molecule has 3 nitrogen and oxygen atoms in total. The summed E-state index contributed by atoms with van der Waals surface area (Å²) in [7, 11) is 1.95. The van der Waals surface area contributed by atoms with E-state index in [1.165, 1.54) is 4.90 Å². The molecule has 1 aromatic carbocycles. The molecule has 0 radical (unpaired) electrons. The average molecular weight is 310 g/mol. The quantitative estimate of drug-likeness (QED) is 0.795. The Morgan fingerprint density at radius 2 is 2.05 bits per heavy atom. The summed E-state index contributed by atoms with van der Waals surface area (Å²) in [6, 6.07) is 10.5. The molecule has 0 aliphatic carbocycles. The van der Waals surface area contributed by atoms with Crippen molar-refractivity contribution in [2.24, 2.45) is 7.05 Å². The summed E-state index contributed by atoms with van der Waals surface area (Å²) in [4.78, 5) is 1.25. The molecule has 0 aliphatic rings. The predicted molar refractivity (Wildman–Crippen MR) is 86.6 cm³/mol. The molecule has 108 valence electrons. The highest BCUT2D eigenvalue weighted by Gasteiger charge is 2.11. The maximum atomic E-state index is 5.90. The number of halogens is 1. The zero-order chi connectivity index (χ0) is 14.4. The summed E-state index contributed by atoms with van der Waals surface area (Å²) < 4.78 is 1.85. The monoisotopic (exact) mass is 309 g/mol. The number of rotatable bonds is 7. The van der Waals surface area contributed by atoms with E-state index in [2.05, 4.69) is 35.5 Å². The highest BCUT2D eigenvalue weighted by molar-refractivity contribution is 7.99. The second-order valence-electron chi connectivity index (χ2n) is 4.70. The van der Waals surface area contributed by atoms with Gasteiger partial charge in [0.2, 0.25) is 0 Å². The fraction of sp³-hybridized carbons (Fsp3) is 0.400. The molecule has 0 saturated heterocycles. The number of hydrogen-bond donors (Lipinski definition) is 1. The molecule has 1 unspecified atom stereocenters. The smallest absolute Gasteiger partial charge is 0.0640 e. The van der Waals surface area contributed by atoms with E-state index in [0.29, 0.717) is 6.04 Å². The highest BCUT2D eigenvalue weighted by Crippen LogP contribution is 2.21. The number of aryl methyl sites for hydroxylation is 1. The predicted octanol–water partition coefficient (Wildman–Crippen LogP) is 3.39. The van der Waals surface area contributed by atoms with Crippen molar-refractivity contribution in [2.75, 3.05) is 12.3 Å². The van der Waals surface area contributed by atoms with Gasteiger partial charge < -0.3 is 5.32 Å². The molecule has 20 heavy (non-hydrogen) atoms. The molecular formula is C15H20ClN3S. The van der Waals surface area contributed by atoms with Crippen LogP contribution in [0.2, 0.25) is 5.02 Å². The minimum atomic E-state index is 0.426. The van der Waals surface area contributed by atoms with Crippen LogP contribution in [-0.2, 0) is 13.5 Å². The van der Waals surface area contributed by atoms with E-state index >= 15 is 0 Å². The van der Waals surface area contributed by atoms with Gasteiger partial charge in [-0.15, -0.1) is 11.8 Å². The van der Waals surface area contributed by atoms with Crippen LogP contribution in [0.1, 0.15) is 12.6 Å². The van der Waals surface area contributed by atoms with E-state index in [-0.39, 0.29) is 0 Å². The first-order chi connectivity index (χ1) is 9.67. The molecule has 2 rings (SSSR count). The van der Waals surface area contributed by atoms with Crippen molar-refractivity contribution in [3.05, 3.63) is 47.2 Å². The van der Waals surface area contributed by atoms with Gasteiger partial charge in [-0.3, -0.25) is 4.68 Å². The third-order valence-electron chi connectivity index (χ3n) is 2.98. The summed E-state index contributed by atoms with van der Waals surface area (Å²) in [6.07, 6.45) is 2.94. The third-order valence-corrected chi connectivity index (χ3v) is 4.41. The van der Waals surface area contributed by atoms with Crippen LogP contribution in [-0.4, -0.2) is 28.1 Å². The van der Waals surface area contributed by atoms with E-state index in [1.807, 2.05) is 41.8 Å². The van der Waals surface area contributed by atoms with Gasteiger partial charge >= 0.3 is 0 Å². The molecule has 1 heterocycles. The van der Waals surface area contributed by atoms with Crippen molar-refractivity contribution in [1.82, 2.24) is 15.1 Å². The Labute approximate surface area is 129 Å². The Hall–Kier alpha value is -0.970. The minimum absolute atomic E-state index is 0.426. The van der Waals surface area contributed by atoms with Crippen LogP contribution in [0, 0.1) is 0 Å². The highest BCUT2D eigenvalue weighted by atomic mass is 35.5. The number of benzene rings is 1. The lowest BCUT2D eigenvalue weighted by Crippen LogP contribution is -2.33. The molecule has 0 aliphatic heterocycles. The first kappa shape index (κ1) is 15.4. The molecule has 0 amide bonds. The lowest BCUT2D eigenvalue weighted by molar-refractivity contribution is 0.561. The largest absolute Gasteiger partial charge is 0.313 e. The standard InChI is InChI=1S/C15H20ClN3S/c1-3-17-14(10-13-8-9-19(2)18-13)11-20-15-6-4-12(16)5-7-15/h4-9,14,17H,3,10-11H2,1-2H3. The Bertz CT molecular complexity index is 524. The second kappa shape index (κ2) is 7.72. The van der Waals surface area contributed by atoms with E-state index in [9.17, 15) is 0 Å². The molecule has 1 aromatic heterocycles. The molecule has 0 bridgehead atoms. The van der Waals surface area contributed by atoms with Gasteiger partial charge in [-0.25, -0.2) is 0 Å². The number of aromatic nitrogens is 2. The summed E-state index contributed by atoms with van der Waals surface area (Å²) >= 11 is 7.75. The van der Waals surface area contributed by atoms with Crippen LogP contribution in [0.25, 0.3) is 0 Å². The Morgan fingerprint density at radius 1 is 1.30 bits per heavy atom. The Kier molecular flexibility index (Phi) is 5.95. The van der Waals surface area contributed by atoms with Gasteiger partial charge in [-0.2, -0.15) is 5.10 Å². The summed E-state index contributed by atoms with van der Waals surface area (Å²) in [6.45, 7) is 3.11. The molecule has 5 heteroatoms. The number of nitrogens with zero attached hydrogens (tertiary/aromatic N) is 2. The van der Waals surface area contributed by atoms with Crippen LogP contribution in [0.5, 0.6) is 0 Å². The van der Waals surface area contributed by atoms with Crippen molar-refractivity contribution in [3.63, 3.8) is 0 Å². The Balaban J connectivity index is 1.90. The van der Waals surface area contributed by atoms with Crippen molar-refractivity contribution in [3.8, 4) is 0 Å². The van der Waals surface area contributed by atoms with Crippen molar-refractivity contribution >= 4 is 23.4 Å². The van der Waals surface area contributed by atoms with E-state index in [0.717, 1.165) is 29.4 Å².